The maximum absolute atomic E-state index is 11.2. The molecule has 7 nitrogen and oxygen atoms in total. The van der Waals surface area contributed by atoms with E-state index in [2.05, 4.69) is 10.3 Å². The van der Waals surface area contributed by atoms with Crippen LogP contribution in [-0.2, 0) is 4.57 Å². The van der Waals surface area contributed by atoms with Crippen molar-refractivity contribution in [2.75, 3.05) is 5.32 Å². The smallest absolute Gasteiger partial charge is 0.308 e. The number of hydrogen-bond donors (Lipinski definition) is 4. The first kappa shape index (κ1) is 16.2. The summed E-state index contributed by atoms with van der Waals surface area (Å²) in [5, 5.41) is 4.02. The van der Waals surface area contributed by atoms with E-state index >= 15 is 0 Å². The van der Waals surface area contributed by atoms with Gasteiger partial charge in [0.05, 0.1) is 10.2 Å². The monoisotopic (exact) mass is 312 g/mol. The van der Waals surface area contributed by atoms with Crippen molar-refractivity contribution in [2.24, 2.45) is 0 Å². The van der Waals surface area contributed by atoms with E-state index in [0.717, 1.165) is 4.70 Å². The molecule has 2 rings (SSSR count). The number of urea groups is 1. The standard InChI is InChI=1S/C8H8N3O4PS.K/c12-7(11-16(13,14)15)10-8-9-5-3-1-2-4-6(5)17-8;/h1-4H,(H4,9,10,11,12,13,14,15);. The van der Waals surface area contributed by atoms with Crippen LogP contribution < -0.4 is 10.4 Å². The van der Waals surface area contributed by atoms with Gasteiger partial charge in [-0.2, -0.15) is 0 Å². The first-order chi connectivity index (χ1) is 7.94. The van der Waals surface area contributed by atoms with E-state index in [-0.39, 0.29) is 56.5 Å². The molecule has 0 atom stereocenters. The van der Waals surface area contributed by atoms with Crippen LogP contribution in [0.5, 0.6) is 0 Å². The third kappa shape index (κ3) is 4.69. The van der Waals surface area contributed by atoms with Gasteiger partial charge in [-0.25, -0.2) is 19.4 Å². The Hall–Kier alpha value is 0.166. The fraction of sp³-hybridized carbons (Fsp3) is 0. The number of hydrogen-bond acceptors (Lipinski definition) is 4. The van der Waals surface area contributed by atoms with Gasteiger partial charge in [-0.3, -0.25) is 5.32 Å². The molecular formula is C8H8KN3O4PS. The van der Waals surface area contributed by atoms with Crippen molar-refractivity contribution in [2.45, 2.75) is 0 Å². The van der Waals surface area contributed by atoms with E-state index in [4.69, 9.17) is 9.79 Å². The van der Waals surface area contributed by atoms with Crippen molar-refractivity contribution in [3.8, 4) is 0 Å². The number of rotatable bonds is 2. The van der Waals surface area contributed by atoms with Crippen molar-refractivity contribution in [1.29, 1.82) is 0 Å². The van der Waals surface area contributed by atoms with Crippen LogP contribution in [0, 0.1) is 0 Å². The summed E-state index contributed by atoms with van der Waals surface area (Å²) in [6.45, 7) is 0. The molecule has 0 aliphatic carbocycles. The normalized spacial score (nSPS) is 10.8. The first-order valence-electron chi connectivity index (χ1n) is 4.44. The Morgan fingerprint density at radius 2 is 2.00 bits per heavy atom. The Bertz CT molecular complexity index is 580. The summed E-state index contributed by atoms with van der Waals surface area (Å²) in [5.41, 5.74) is 0.712. The van der Waals surface area contributed by atoms with Gasteiger partial charge in [0.1, 0.15) is 0 Å². The van der Waals surface area contributed by atoms with Gasteiger partial charge in [0.15, 0.2) is 5.13 Å². The van der Waals surface area contributed by atoms with Crippen molar-refractivity contribution in [1.82, 2.24) is 10.1 Å². The average molecular weight is 312 g/mol. The predicted octanol–water partition coefficient (Wildman–Crippen LogP) is 1.13. The number of benzene rings is 1. The molecule has 2 aromatic rings. The fourth-order valence-corrected chi connectivity index (χ4v) is 2.36. The number of amides is 2. The molecule has 0 aliphatic rings. The largest absolute Gasteiger partial charge is 0.431 e. The molecule has 1 radical (unpaired) electrons. The van der Waals surface area contributed by atoms with Crippen molar-refractivity contribution in [3.63, 3.8) is 0 Å². The number of fused-ring (bicyclic) bond motifs is 1. The zero-order chi connectivity index (χ0) is 12.5. The third-order valence-electron chi connectivity index (χ3n) is 1.76. The minimum Gasteiger partial charge on any atom is -0.308 e. The van der Waals surface area contributed by atoms with Crippen molar-refractivity contribution in [3.05, 3.63) is 24.3 Å². The summed E-state index contributed by atoms with van der Waals surface area (Å²) in [7, 11) is -4.58. The summed E-state index contributed by atoms with van der Waals surface area (Å²) >= 11 is 1.22. The maximum atomic E-state index is 11.2. The molecule has 18 heavy (non-hydrogen) atoms. The molecule has 1 aromatic carbocycles. The molecule has 91 valence electrons. The van der Waals surface area contributed by atoms with Gasteiger partial charge in [-0.05, 0) is 12.1 Å². The summed E-state index contributed by atoms with van der Waals surface area (Å²) in [4.78, 5) is 32.3. The summed E-state index contributed by atoms with van der Waals surface area (Å²) < 4.78 is 11.4. The Labute approximate surface area is 149 Å². The van der Waals surface area contributed by atoms with Crippen LogP contribution in [0.2, 0.25) is 0 Å². The van der Waals surface area contributed by atoms with Gasteiger partial charge >= 0.3 is 13.8 Å². The zero-order valence-electron chi connectivity index (χ0n) is 9.32. The SMILES string of the molecule is O=C(Nc1nc2ccccc2s1)NP(=O)(O)O.[K]. The van der Waals surface area contributed by atoms with Crippen LogP contribution in [0.3, 0.4) is 0 Å². The van der Waals surface area contributed by atoms with Crippen LogP contribution in [0.15, 0.2) is 24.3 Å². The van der Waals surface area contributed by atoms with Gasteiger partial charge < -0.3 is 9.79 Å². The predicted molar refractivity (Wildman–Crippen MR) is 69.6 cm³/mol. The number of thiazole rings is 1. The van der Waals surface area contributed by atoms with Gasteiger partial charge in [0.2, 0.25) is 0 Å². The molecular weight excluding hydrogens is 304 g/mol. The molecule has 0 unspecified atom stereocenters. The number of carbonyl (C=O) groups excluding carboxylic acids is 1. The Morgan fingerprint density at radius 1 is 1.33 bits per heavy atom. The van der Waals surface area contributed by atoms with Crippen LogP contribution in [0.1, 0.15) is 0 Å². The number of aromatic nitrogens is 1. The summed E-state index contributed by atoms with van der Waals surface area (Å²) in [5.74, 6) is 0. The van der Waals surface area contributed by atoms with Gasteiger partial charge in [0.25, 0.3) is 0 Å². The van der Waals surface area contributed by atoms with E-state index in [1.165, 1.54) is 16.4 Å². The third-order valence-corrected chi connectivity index (χ3v) is 3.21. The van der Waals surface area contributed by atoms with E-state index in [1.54, 1.807) is 6.07 Å². The van der Waals surface area contributed by atoms with E-state index in [0.29, 0.717) is 5.52 Å². The van der Waals surface area contributed by atoms with Gasteiger partial charge in [0, 0.05) is 51.4 Å². The van der Waals surface area contributed by atoms with Gasteiger partial charge in [-0.1, -0.05) is 23.5 Å². The number of para-hydroxylation sites is 1. The van der Waals surface area contributed by atoms with E-state index in [9.17, 15) is 9.36 Å². The molecule has 0 aliphatic heterocycles. The zero-order valence-corrected chi connectivity index (χ0v) is 14.2. The molecule has 1 aromatic heterocycles. The summed E-state index contributed by atoms with van der Waals surface area (Å²) in [6.07, 6.45) is 0. The molecule has 0 spiro atoms. The van der Waals surface area contributed by atoms with Crippen LogP contribution in [0.25, 0.3) is 10.2 Å². The maximum Gasteiger partial charge on any atom is 0.431 e. The second-order valence-electron chi connectivity index (χ2n) is 3.10. The number of nitrogens with one attached hydrogen (secondary N) is 2. The second-order valence-corrected chi connectivity index (χ2v) is 5.44. The molecule has 0 fully saturated rings. The second kappa shape index (κ2) is 6.55. The Morgan fingerprint density at radius 3 is 2.61 bits per heavy atom. The molecule has 0 saturated carbocycles. The van der Waals surface area contributed by atoms with Crippen LogP contribution >= 0.6 is 19.1 Å². The van der Waals surface area contributed by atoms with E-state index < -0.39 is 13.8 Å². The van der Waals surface area contributed by atoms with Gasteiger partial charge in [-0.15, -0.1) is 0 Å². The molecule has 4 N–H and O–H groups in total. The van der Waals surface area contributed by atoms with Crippen LogP contribution in [0.4, 0.5) is 9.93 Å². The molecule has 1 heterocycles. The average Bonchev–Trinajstić information content (AvgIpc) is 2.55. The summed E-state index contributed by atoms with van der Waals surface area (Å²) in [6, 6.07) is 6.26. The number of carbonyl (C=O) groups is 1. The van der Waals surface area contributed by atoms with E-state index in [1.807, 2.05) is 18.2 Å². The molecule has 0 bridgehead atoms. The Balaban J connectivity index is 0.00000162. The minimum atomic E-state index is -4.58. The topological polar surface area (TPSA) is 112 Å². The minimum absolute atomic E-state index is 0. The molecule has 2 amide bonds. The van der Waals surface area contributed by atoms with Crippen molar-refractivity contribution < 1.29 is 19.1 Å². The molecule has 10 heteroatoms. The van der Waals surface area contributed by atoms with Crippen LogP contribution in [-0.4, -0.2) is 72.2 Å². The van der Waals surface area contributed by atoms with Crippen molar-refractivity contribution >= 4 is 91.8 Å². The number of nitrogens with zero attached hydrogens (tertiary/aromatic N) is 1. The fourth-order valence-electron chi connectivity index (χ4n) is 1.18. The Kier molecular flexibility index (Phi) is 5.91. The number of anilines is 1. The molecule has 0 saturated heterocycles. The quantitative estimate of drug-likeness (QED) is 0.490. The first-order valence-corrected chi connectivity index (χ1v) is 6.87.